The number of nitrogens with zero attached hydrogens (tertiary/aromatic N) is 3. The van der Waals surface area contributed by atoms with Gasteiger partial charge in [-0.25, -0.2) is 4.98 Å². The third-order valence-corrected chi connectivity index (χ3v) is 4.21. The van der Waals surface area contributed by atoms with Gasteiger partial charge in [-0.15, -0.1) is 0 Å². The zero-order valence-corrected chi connectivity index (χ0v) is 14.2. The summed E-state index contributed by atoms with van der Waals surface area (Å²) in [4.78, 5) is 11.3. The van der Waals surface area contributed by atoms with Gasteiger partial charge in [0.1, 0.15) is 11.6 Å². The summed E-state index contributed by atoms with van der Waals surface area (Å²) in [5.41, 5.74) is 3.60. The SMILES string of the molecule is COc1ccc2c(c1)CCN(c1cc(C)nc(NCCCO)n1)C2. The van der Waals surface area contributed by atoms with Gasteiger partial charge in [-0.05, 0) is 43.0 Å². The summed E-state index contributed by atoms with van der Waals surface area (Å²) >= 11 is 0. The molecule has 0 unspecified atom stereocenters. The Morgan fingerprint density at radius 2 is 2.12 bits per heavy atom. The Kier molecular flexibility index (Phi) is 5.15. The van der Waals surface area contributed by atoms with E-state index in [-0.39, 0.29) is 6.61 Å². The second kappa shape index (κ2) is 7.49. The zero-order chi connectivity index (χ0) is 16.9. The molecular formula is C18H24N4O2. The first kappa shape index (κ1) is 16.5. The number of aryl methyl sites for hydroxylation is 1. The van der Waals surface area contributed by atoms with Crippen molar-refractivity contribution in [1.29, 1.82) is 0 Å². The summed E-state index contributed by atoms with van der Waals surface area (Å²) in [5.74, 6) is 2.48. The molecule has 2 aromatic rings. The molecule has 0 spiro atoms. The van der Waals surface area contributed by atoms with Crippen molar-refractivity contribution in [2.24, 2.45) is 0 Å². The van der Waals surface area contributed by atoms with E-state index >= 15 is 0 Å². The van der Waals surface area contributed by atoms with Gasteiger partial charge >= 0.3 is 0 Å². The fraction of sp³-hybridized carbons (Fsp3) is 0.444. The van der Waals surface area contributed by atoms with Gasteiger partial charge in [0, 0.05) is 38.0 Å². The lowest BCUT2D eigenvalue weighted by Crippen LogP contribution is -2.31. The lowest BCUT2D eigenvalue weighted by molar-refractivity contribution is 0.292. The van der Waals surface area contributed by atoms with Crippen LogP contribution in [0.5, 0.6) is 5.75 Å². The van der Waals surface area contributed by atoms with E-state index in [1.54, 1.807) is 7.11 Å². The van der Waals surface area contributed by atoms with Gasteiger partial charge in [0.05, 0.1) is 7.11 Å². The van der Waals surface area contributed by atoms with Crippen LogP contribution in [-0.2, 0) is 13.0 Å². The molecule has 2 heterocycles. The summed E-state index contributed by atoms with van der Waals surface area (Å²) in [6.07, 6.45) is 1.66. The van der Waals surface area contributed by atoms with Gasteiger partial charge < -0.3 is 20.1 Å². The van der Waals surface area contributed by atoms with Crippen molar-refractivity contribution in [3.05, 3.63) is 41.1 Å². The van der Waals surface area contributed by atoms with E-state index in [1.807, 2.05) is 19.1 Å². The molecule has 0 saturated carbocycles. The Labute approximate surface area is 142 Å². The number of anilines is 2. The Balaban J connectivity index is 1.77. The van der Waals surface area contributed by atoms with Crippen molar-refractivity contribution < 1.29 is 9.84 Å². The van der Waals surface area contributed by atoms with E-state index < -0.39 is 0 Å². The number of benzene rings is 1. The van der Waals surface area contributed by atoms with Crippen LogP contribution in [0.15, 0.2) is 24.3 Å². The number of aromatic nitrogens is 2. The van der Waals surface area contributed by atoms with Crippen molar-refractivity contribution in [2.75, 3.05) is 37.0 Å². The predicted octanol–water partition coefficient (Wildman–Crippen LogP) is 2.15. The molecule has 0 bridgehead atoms. The lowest BCUT2D eigenvalue weighted by atomic mass is 9.99. The highest BCUT2D eigenvalue weighted by atomic mass is 16.5. The maximum absolute atomic E-state index is 8.89. The predicted molar refractivity (Wildman–Crippen MR) is 94.7 cm³/mol. The molecule has 0 amide bonds. The number of aliphatic hydroxyl groups is 1. The van der Waals surface area contributed by atoms with Gasteiger partial charge in [-0.3, -0.25) is 0 Å². The number of rotatable bonds is 6. The van der Waals surface area contributed by atoms with Crippen molar-refractivity contribution in [3.63, 3.8) is 0 Å². The first-order chi connectivity index (χ1) is 11.7. The summed E-state index contributed by atoms with van der Waals surface area (Å²) in [7, 11) is 1.70. The van der Waals surface area contributed by atoms with Gasteiger partial charge in [-0.2, -0.15) is 4.98 Å². The van der Waals surface area contributed by atoms with Gasteiger partial charge in [0.25, 0.3) is 0 Å². The van der Waals surface area contributed by atoms with Crippen LogP contribution in [0.4, 0.5) is 11.8 Å². The van der Waals surface area contributed by atoms with Gasteiger partial charge in [-0.1, -0.05) is 6.07 Å². The van der Waals surface area contributed by atoms with Crippen molar-refractivity contribution in [1.82, 2.24) is 9.97 Å². The minimum atomic E-state index is 0.165. The summed E-state index contributed by atoms with van der Waals surface area (Å²) in [6, 6.07) is 8.29. The molecule has 1 aliphatic heterocycles. The Hall–Kier alpha value is -2.34. The molecule has 6 heteroatoms. The Morgan fingerprint density at radius 3 is 2.92 bits per heavy atom. The standard InChI is InChI=1S/C18H24N4O2/c1-13-10-17(21-18(20-13)19-7-3-9-23)22-8-6-14-11-16(24-2)5-4-15(14)12-22/h4-5,10-11,23H,3,6-9,12H2,1-2H3,(H,19,20,21). The highest BCUT2D eigenvalue weighted by molar-refractivity contribution is 5.49. The molecule has 24 heavy (non-hydrogen) atoms. The Bertz CT molecular complexity index is 705. The average molecular weight is 328 g/mol. The highest BCUT2D eigenvalue weighted by Gasteiger charge is 2.19. The molecule has 3 rings (SSSR count). The third kappa shape index (κ3) is 3.76. The van der Waals surface area contributed by atoms with Crippen LogP contribution in [0.3, 0.4) is 0 Å². The van der Waals surface area contributed by atoms with Gasteiger partial charge in [0.15, 0.2) is 0 Å². The molecule has 2 N–H and O–H groups in total. The maximum Gasteiger partial charge on any atom is 0.224 e. The molecule has 128 valence electrons. The second-order valence-electron chi connectivity index (χ2n) is 6.00. The van der Waals surface area contributed by atoms with Crippen LogP contribution in [0, 0.1) is 6.92 Å². The van der Waals surface area contributed by atoms with E-state index in [0.29, 0.717) is 18.9 Å². The molecule has 1 aromatic heterocycles. The normalized spacial score (nSPS) is 13.5. The van der Waals surface area contributed by atoms with E-state index in [9.17, 15) is 0 Å². The molecule has 0 radical (unpaired) electrons. The van der Waals surface area contributed by atoms with E-state index in [0.717, 1.165) is 36.8 Å². The number of ether oxygens (including phenoxy) is 1. The molecule has 0 atom stereocenters. The first-order valence-electron chi connectivity index (χ1n) is 8.31. The summed E-state index contributed by atoms with van der Waals surface area (Å²) in [5, 5.41) is 12.1. The maximum atomic E-state index is 8.89. The van der Waals surface area contributed by atoms with Crippen LogP contribution in [-0.4, -0.2) is 41.9 Å². The van der Waals surface area contributed by atoms with Crippen LogP contribution in [0.25, 0.3) is 0 Å². The molecular weight excluding hydrogens is 304 g/mol. The largest absolute Gasteiger partial charge is 0.497 e. The van der Waals surface area contributed by atoms with Crippen LogP contribution in [0.2, 0.25) is 0 Å². The Morgan fingerprint density at radius 1 is 1.25 bits per heavy atom. The number of fused-ring (bicyclic) bond motifs is 1. The third-order valence-electron chi connectivity index (χ3n) is 4.21. The van der Waals surface area contributed by atoms with E-state index in [1.165, 1.54) is 11.1 Å². The highest BCUT2D eigenvalue weighted by Crippen LogP contribution is 2.27. The number of hydrogen-bond acceptors (Lipinski definition) is 6. The minimum absolute atomic E-state index is 0.165. The van der Waals surface area contributed by atoms with Crippen molar-refractivity contribution >= 4 is 11.8 Å². The fourth-order valence-corrected chi connectivity index (χ4v) is 2.92. The number of methoxy groups -OCH3 is 1. The minimum Gasteiger partial charge on any atom is -0.497 e. The summed E-state index contributed by atoms with van der Waals surface area (Å²) < 4.78 is 5.31. The number of aliphatic hydroxyl groups excluding tert-OH is 1. The van der Waals surface area contributed by atoms with Gasteiger partial charge in [0.2, 0.25) is 5.95 Å². The van der Waals surface area contributed by atoms with Crippen molar-refractivity contribution in [3.8, 4) is 5.75 Å². The smallest absolute Gasteiger partial charge is 0.224 e. The number of nitrogens with one attached hydrogen (secondary N) is 1. The monoisotopic (exact) mass is 328 g/mol. The topological polar surface area (TPSA) is 70.5 Å². The first-order valence-corrected chi connectivity index (χ1v) is 8.31. The van der Waals surface area contributed by atoms with Crippen LogP contribution >= 0.6 is 0 Å². The van der Waals surface area contributed by atoms with Crippen molar-refractivity contribution in [2.45, 2.75) is 26.3 Å². The van der Waals surface area contributed by atoms with E-state index in [4.69, 9.17) is 9.84 Å². The molecule has 1 aliphatic rings. The molecule has 0 fully saturated rings. The van der Waals surface area contributed by atoms with Crippen LogP contribution < -0.4 is 15.0 Å². The number of hydrogen-bond donors (Lipinski definition) is 2. The molecule has 6 nitrogen and oxygen atoms in total. The second-order valence-corrected chi connectivity index (χ2v) is 6.00. The van der Waals surface area contributed by atoms with Crippen LogP contribution in [0.1, 0.15) is 23.2 Å². The lowest BCUT2D eigenvalue weighted by Gasteiger charge is -2.30. The fourth-order valence-electron chi connectivity index (χ4n) is 2.92. The molecule has 1 aromatic carbocycles. The quantitative estimate of drug-likeness (QED) is 0.792. The van der Waals surface area contributed by atoms with E-state index in [2.05, 4.69) is 32.3 Å². The molecule has 0 saturated heterocycles. The summed E-state index contributed by atoms with van der Waals surface area (Å²) in [6.45, 7) is 4.57. The molecule has 0 aliphatic carbocycles. The zero-order valence-electron chi connectivity index (χ0n) is 14.2. The average Bonchev–Trinajstić information content (AvgIpc) is 2.60.